The second-order valence-electron chi connectivity index (χ2n) is 4.68. The molecule has 0 bridgehead atoms. The molecule has 16 heavy (non-hydrogen) atoms. The third-order valence-electron chi connectivity index (χ3n) is 3.66. The van der Waals surface area contributed by atoms with E-state index in [2.05, 4.69) is 16.4 Å². The van der Waals surface area contributed by atoms with Crippen LogP contribution < -0.4 is 5.32 Å². The fourth-order valence-corrected chi connectivity index (χ4v) is 2.77. The third kappa shape index (κ3) is 1.76. The summed E-state index contributed by atoms with van der Waals surface area (Å²) in [6.45, 7) is 2.23. The highest BCUT2D eigenvalue weighted by molar-refractivity contribution is 5.67. The van der Waals surface area contributed by atoms with E-state index < -0.39 is 5.95 Å². The third-order valence-corrected chi connectivity index (χ3v) is 3.66. The van der Waals surface area contributed by atoms with Gasteiger partial charge in [0.25, 0.3) is 0 Å². The van der Waals surface area contributed by atoms with Gasteiger partial charge in [-0.15, -0.1) is 0 Å². The fourth-order valence-electron chi connectivity index (χ4n) is 2.77. The SMILES string of the molecule is Fc1ccc(C2=C[C@H]3CCNC[C@H]3C2)cn1. The fraction of sp³-hybridized carbons (Fsp3) is 0.462. The minimum absolute atomic E-state index is 0.401. The molecule has 3 heteroatoms. The maximum absolute atomic E-state index is 12.7. The molecule has 1 aromatic heterocycles. The molecule has 1 aromatic rings. The summed E-state index contributed by atoms with van der Waals surface area (Å²) in [5.41, 5.74) is 2.42. The molecular weight excluding hydrogens is 203 g/mol. The van der Waals surface area contributed by atoms with Crippen LogP contribution in [0.1, 0.15) is 18.4 Å². The van der Waals surface area contributed by atoms with Crippen LogP contribution in [-0.2, 0) is 0 Å². The second kappa shape index (κ2) is 3.98. The predicted molar refractivity (Wildman–Crippen MR) is 61.3 cm³/mol. The molecule has 0 spiro atoms. The molecule has 2 atom stereocenters. The van der Waals surface area contributed by atoms with Gasteiger partial charge in [-0.05, 0) is 61.0 Å². The molecule has 2 nitrogen and oxygen atoms in total. The minimum atomic E-state index is -0.401. The lowest BCUT2D eigenvalue weighted by Crippen LogP contribution is -2.33. The molecule has 1 saturated heterocycles. The van der Waals surface area contributed by atoms with Crippen LogP contribution >= 0.6 is 0 Å². The van der Waals surface area contributed by atoms with Crippen LogP contribution in [-0.4, -0.2) is 18.1 Å². The molecule has 0 amide bonds. The quantitative estimate of drug-likeness (QED) is 0.731. The normalized spacial score (nSPS) is 28.7. The van der Waals surface area contributed by atoms with Gasteiger partial charge in [-0.1, -0.05) is 6.08 Å². The summed E-state index contributed by atoms with van der Waals surface area (Å²) in [7, 11) is 0. The Bertz CT molecular complexity index is 410. The summed E-state index contributed by atoms with van der Waals surface area (Å²) < 4.78 is 12.7. The van der Waals surface area contributed by atoms with Gasteiger partial charge in [-0.2, -0.15) is 4.39 Å². The number of halogens is 1. The van der Waals surface area contributed by atoms with Crippen molar-refractivity contribution in [3.63, 3.8) is 0 Å². The molecule has 84 valence electrons. The zero-order valence-electron chi connectivity index (χ0n) is 9.12. The summed E-state index contributed by atoms with van der Waals surface area (Å²) >= 11 is 0. The molecule has 2 aliphatic rings. The van der Waals surface area contributed by atoms with Gasteiger partial charge in [-0.25, -0.2) is 4.98 Å². The van der Waals surface area contributed by atoms with Crippen LogP contribution in [0, 0.1) is 17.8 Å². The largest absolute Gasteiger partial charge is 0.316 e. The number of hydrogen-bond acceptors (Lipinski definition) is 2. The van der Waals surface area contributed by atoms with Crippen LogP contribution in [0.5, 0.6) is 0 Å². The summed E-state index contributed by atoms with van der Waals surface area (Å²) in [6.07, 6.45) is 6.33. The molecule has 1 aliphatic heterocycles. The number of pyridine rings is 1. The van der Waals surface area contributed by atoms with Crippen molar-refractivity contribution in [2.75, 3.05) is 13.1 Å². The molecule has 0 aromatic carbocycles. The number of allylic oxidation sites excluding steroid dienone is 2. The smallest absolute Gasteiger partial charge is 0.212 e. The van der Waals surface area contributed by atoms with Gasteiger partial charge in [0, 0.05) is 6.20 Å². The van der Waals surface area contributed by atoms with Crippen LogP contribution in [0.15, 0.2) is 24.4 Å². The van der Waals surface area contributed by atoms with Crippen molar-refractivity contribution in [2.24, 2.45) is 11.8 Å². The molecule has 2 heterocycles. The Balaban J connectivity index is 1.83. The van der Waals surface area contributed by atoms with E-state index in [0.717, 1.165) is 31.0 Å². The Morgan fingerprint density at radius 2 is 2.31 bits per heavy atom. The highest BCUT2D eigenvalue weighted by atomic mass is 19.1. The van der Waals surface area contributed by atoms with Crippen molar-refractivity contribution in [1.29, 1.82) is 0 Å². The van der Waals surface area contributed by atoms with E-state index in [4.69, 9.17) is 0 Å². The van der Waals surface area contributed by atoms with E-state index in [1.54, 1.807) is 6.20 Å². The Morgan fingerprint density at radius 1 is 1.38 bits per heavy atom. The number of piperidine rings is 1. The molecule has 1 fully saturated rings. The number of hydrogen-bond donors (Lipinski definition) is 1. The van der Waals surface area contributed by atoms with Crippen molar-refractivity contribution in [3.8, 4) is 0 Å². The van der Waals surface area contributed by atoms with Crippen molar-refractivity contribution in [1.82, 2.24) is 10.3 Å². The lowest BCUT2D eigenvalue weighted by Gasteiger charge is -2.25. The van der Waals surface area contributed by atoms with Crippen LogP contribution in [0.4, 0.5) is 4.39 Å². The number of fused-ring (bicyclic) bond motifs is 1. The standard InChI is InChI=1S/C13H15FN2/c14-13-2-1-10(8-16-13)11-5-9-3-4-15-7-12(9)6-11/h1-2,5,8-9,12,15H,3-4,6-7H2/t9-,12-/m1/s1. The highest BCUT2D eigenvalue weighted by Crippen LogP contribution is 2.38. The lowest BCUT2D eigenvalue weighted by atomic mass is 9.89. The van der Waals surface area contributed by atoms with E-state index >= 15 is 0 Å². The van der Waals surface area contributed by atoms with Crippen molar-refractivity contribution in [2.45, 2.75) is 12.8 Å². The maximum Gasteiger partial charge on any atom is 0.212 e. The first-order chi connectivity index (χ1) is 7.83. The van der Waals surface area contributed by atoms with Gasteiger partial charge in [0.1, 0.15) is 0 Å². The zero-order chi connectivity index (χ0) is 11.0. The van der Waals surface area contributed by atoms with Crippen LogP contribution in [0.2, 0.25) is 0 Å². The first-order valence-electron chi connectivity index (χ1n) is 5.86. The van der Waals surface area contributed by atoms with E-state index in [1.807, 2.05) is 6.07 Å². The Morgan fingerprint density at radius 3 is 3.06 bits per heavy atom. The van der Waals surface area contributed by atoms with Gasteiger partial charge >= 0.3 is 0 Å². The number of nitrogens with one attached hydrogen (secondary N) is 1. The van der Waals surface area contributed by atoms with Gasteiger partial charge in [0.15, 0.2) is 0 Å². The van der Waals surface area contributed by atoms with Crippen molar-refractivity contribution < 1.29 is 4.39 Å². The number of aromatic nitrogens is 1. The average molecular weight is 218 g/mol. The zero-order valence-corrected chi connectivity index (χ0v) is 9.12. The summed E-state index contributed by atoms with van der Waals surface area (Å²) in [4.78, 5) is 3.72. The number of rotatable bonds is 1. The Kier molecular flexibility index (Phi) is 2.48. The first kappa shape index (κ1) is 9.97. The maximum atomic E-state index is 12.7. The van der Waals surface area contributed by atoms with Crippen LogP contribution in [0.3, 0.4) is 0 Å². The molecule has 1 aliphatic carbocycles. The molecule has 1 N–H and O–H groups in total. The molecule has 0 unspecified atom stereocenters. The van der Waals surface area contributed by atoms with E-state index in [9.17, 15) is 4.39 Å². The summed E-state index contributed by atoms with van der Waals surface area (Å²) in [6, 6.07) is 3.27. The highest BCUT2D eigenvalue weighted by Gasteiger charge is 2.29. The predicted octanol–water partition coefficient (Wildman–Crippen LogP) is 2.23. The van der Waals surface area contributed by atoms with Gasteiger partial charge in [-0.3, -0.25) is 0 Å². The molecule has 0 radical (unpaired) electrons. The Hall–Kier alpha value is -1.22. The Labute approximate surface area is 94.6 Å². The molecular formula is C13H15FN2. The lowest BCUT2D eigenvalue weighted by molar-refractivity contribution is 0.324. The topological polar surface area (TPSA) is 24.9 Å². The van der Waals surface area contributed by atoms with Gasteiger partial charge in [0.2, 0.25) is 5.95 Å². The summed E-state index contributed by atoms with van der Waals surface area (Å²) in [5.74, 6) is 1.04. The van der Waals surface area contributed by atoms with Crippen molar-refractivity contribution in [3.05, 3.63) is 35.9 Å². The molecule has 3 rings (SSSR count). The van der Waals surface area contributed by atoms with Crippen molar-refractivity contribution >= 4 is 5.57 Å². The second-order valence-corrected chi connectivity index (χ2v) is 4.68. The van der Waals surface area contributed by atoms with Gasteiger partial charge < -0.3 is 5.32 Å². The number of nitrogens with zero attached hydrogens (tertiary/aromatic N) is 1. The molecule has 0 saturated carbocycles. The average Bonchev–Trinajstić information content (AvgIpc) is 2.73. The van der Waals surface area contributed by atoms with E-state index in [-0.39, 0.29) is 0 Å². The van der Waals surface area contributed by atoms with E-state index in [1.165, 1.54) is 18.1 Å². The monoisotopic (exact) mass is 218 g/mol. The van der Waals surface area contributed by atoms with E-state index in [0.29, 0.717) is 5.92 Å². The summed E-state index contributed by atoms with van der Waals surface area (Å²) in [5, 5.41) is 3.43. The first-order valence-corrected chi connectivity index (χ1v) is 5.86. The minimum Gasteiger partial charge on any atom is -0.316 e. The van der Waals surface area contributed by atoms with Crippen LogP contribution in [0.25, 0.3) is 5.57 Å². The van der Waals surface area contributed by atoms with Gasteiger partial charge in [0.05, 0.1) is 0 Å².